The molecule has 34 heavy (non-hydrogen) atoms. The second-order valence-corrected chi connectivity index (χ2v) is 7.72. The van der Waals surface area contributed by atoms with Gasteiger partial charge in [0.25, 0.3) is 0 Å². The molecule has 0 radical (unpaired) electrons. The first-order valence-electron chi connectivity index (χ1n) is 9.77. The van der Waals surface area contributed by atoms with Crippen LogP contribution in [0.2, 0.25) is 0 Å². The number of hydrogen-bond acceptors (Lipinski definition) is 8. The van der Waals surface area contributed by atoms with Crippen LogP contribution in [-0.2, 0) is 28.7 Å². The van der Waals surface area contributed by atoms with E-state index in [1.54, 1.807) is 10.6 Å². The molecule has 4 N–H and O–H groups in total. The van der Waals surface area contributed by atoms with E-state index in [4.69, 9.17) is 0 Å². The Balaban J connectivity index is 3.48. The number of nitrogens with one attached hydrogen (secondary N) is 2. The summed E-state index contributed by atoms with van der Waals surface area (Å²) in [4.78, 5) is 49.6. The molecule has 6 atom stereocenters. The van der Waals surface area contributed by atoms with Crippen LogP contribution in [0.15, 0.2) is 0 Å². The third kappa shape index (κ3) is 5.54. The van der Waals surface area contributed by atoms with E-state index in [0.29, 0.717) is 0 Å². The molecule has 1 saturated heterocycles. The smallest absolute Gasteiger partial charge is 0.417 e. The molecular weight excluding hydrogens is 486 g/mol. The van der Waals surface area contributed by atoms with Crippen LogP contribution in [-0.4, -0.2) is 82.8 Å². The lowest BCUT2D eigenvalue weighted by Crippen LogP contribution is -2.73. The van der Waals surface area contributed by atoms with Crippen molar-refractivity contribution >= 4 is 23.8 Å². The molecule has 10 nitrogen and oxygen atoms in total. The van der Waals surface area contributed by atoms with E-state index in [1.807, 2.05) is 0 Å². The molecule has 1 heterocycles. The summed E-state index contributed by atoms with van der Waals surface area (Å²) in [6.45, 7) is 1.72. The normalized spacial score (nSPS) is 24.6. The van der Waals surface area contributed by atoms with Crippen molar-refractivity contribution in [3.63, 3.8) is 0 Å². The summed E-state index contributed by atoms with van der Waals surface area (Å²) in [7, 11) is 0. The number of carbonyl (C=O) groups is 4. The van der Waals surface area contributed by atoms with Crippen LogP contribution < -0.4 is 10.6 Å². The summed E-state index contributed by atoms with van der Waals surface area (Å²) in [5, 5.41) is 23.3. The van der Waals surface area contributed by atoms with Crippen LogP contribution in [0, 0.1) is 11.8 Å². The molecule has 16 heteroatoms. The quantitative estimate of drug-likeness (QED) is 0.262. The van der Waals surface area contributed by atoms with Crippen molar-refractivity contribution in [3.8, 4) is 0 Å². The molecule has 1 rings (SSSR count). The number of piperazine rings is 1. The fourth-order valence-corrected chi connectivity index (χ4v) is 3.28. The lowest BCUT2D eigenvalue weighted by atomic mass is 9.77. The Hall–Kier alpha value is -2.62. The minimum Gasteiger partial charge on any atom is -0.466 e. The van der Waals surface area contributed by atoms with E-state index in [-0.39, 0.29) is 13.8 Å². The fraction of sp³-hybridized carbons (Fsp3) is 0.778. The van der Waals surface area contributed by atoms with E-state index in [9.17, 15) is 55.7 Å². The molecule has 3 unspecified atom stereocenters. The van der Waals surface area contributed by atoms with E-state index < -0.39 is 84.4 Å². The Bertz CT molecular complexity index is 745. The molecule has 1 aliphatic rings. The first kappa shape index (κ1) is 29.4. The number of rotatable bonds is 8. The monoisotopic (exact) mass is 510 g/mol. The van der Waals surface area contributed by atoms with E-state index >= 15 is 0 Å². The maximum atomic E-state index is 13.4. The minimum atomic E-state index is -5.51. The second kappa shape index (κ2) is 9.93. The van der Waals surface area contributed by atoms with Crippen molar-refractivity contribution in [2.24, 2.45) is 11.8 Å². The number of ether oxygens (including phenoxy) is 2. The third-order valence-electron chi connectivity index (χ3n) is 5.27. The zero-order valence-corrected chi connectivity index (χ0v) is 18.3. The van der Waals surface area contributed by atoms with Gasteiger partial charge in [0.15, 0.2) is 11.2 Å². The molecular formula is C18H24F6N2O8. The second-order valence-electron chi connectivity index (χ2n) is 7.72. The summed E-state index contributed by atoms with van der Waals surface area (Å²) in [6.07, 6.45) is -11.0. The van der Waals surface area contributed by atoms with Gasteiger partial charge in [-0.05, 0) is 27.7 Å². The molecule has 0 spiro atoms. The highest BCUT2D eigenvalue weighted by Gasteiger charge is 2.65. The molecule has 0 aliphatic carbocycles. The number of esters is 2. The number of hydrogen-bond donors (Lipinski definition) is 4. The van der Waals surface area contributed by atoms with Gasteiger partial charge in [-0.1, -0.05) is 0 Å². The van der Waals surface area contributed by atoms with Crippen molar-refractivity contribution < 1.29 is 65.2 Å². The van der Waals surface area contributed by atoms with Crippen LogP contribution in [0.3, 0.4) is 0 Å². The lowest BCUT2D eigenvalue weighted by molar-refractivity contribution is -0.277. The van der Waals surface area contributed by atoms with Gasteiger partial charge in [0.1, 0.15) is 23.9 Å². The maximum absolute atomic E-state index is 13.4. The number of carbonyl (C=O) groups excluding carboxylic acids is 4. The van der Waals surface area contributed by atoms with Gasteiger partial charge < -0.3 is 30.3 Å². The minimum absolute atomic E-state index is 0.135. The molecule has 1 aliphatic heterocycles. The SMILES string of the molecule is CCOC(=O)C(C1NC(=O)[C@@H]([C@H](C(=O)OCC)[C@@](C)(O)C(F)(F)F)NC1=O)C(C)(O)C(F)(F)F. The summed E-state index contributed by atoms with van der Waals surface area (Å²) < 4.78 is 89.5. The van der Waals surface area contributed by atoms with E-state index in [1.165, 1.54) is 13.8 Å². The molecule has 2 amide bonds. The van der Waals surface area contributed by atoms with Crippen LogP contribution in [0.1, 0.15) is 27.7 Å². The number of aliphatic hydroxyl groups is 2. The molecule has 0 saturated carbocycles. The number of halogens is 6. The predicted molar refractivity (Wildman–Crippen MR) is 97.5 cm³/mol. The zero-order chi connectivity index (χ0) is 26.9. The highest BCUT2D eigenvalue weighted by molar-refractivity contribution is 6.01. The summed E-state index contributed by atoms with van der Waals surface area (Å²) in [5.41, 5.74) is -7.86. The van der Waals surface area contributed by atoms with Crippen molar-refractivity contribution in [1.29, 1.82) is 0 Å². The third-order valence-corrected chi connectivity index (χ3v) is 5.27. The van der Waals surface area contributed by atoms with Crippen LogP contribution in [0.4, 0.5) is 26.3 Å². The van der Waals surface area contributed by atoms with Gasteiger partial charge in [-0.25, -0.2) is 0 Å². The first-order chi connectivity index (χ1) is 15.3. The van der Waals surface area contributed by atoms with Crippen LogP contribution >= 0.6 is 0 Å². The maximum Gasteiger partial charge on any atom is 0.417 e. The number of alkyl halides is 6. The lowest BCUT2D eigenvalue weighted by Gasteiger charge is -2.43. The Morgan fingerprint density at radius 3 is 1.26 bits per heavy atom. The van der Waals surface area contributed by atoms with Crippen LogP contribution in [0.25, 0.3) is 0 Å². The Labute approximate surface area is 188 Å². The summed E-state index contributed by atoms with van der Waals surface area (Å²) in [6, 6.07) is -4.92. The van der Waals surface area contributed by atoms with Gasteiger partial charge in [-0.3, -0.25) is 19.2 Å². The largest absolute Gasteiger partial charge is 0.466 e. The molecule has 0 bridgehead atoms. The van der Waals surface area contributed by atoms with Gasteiger partial charge in [-0.2, -0.15) is 26.3 Å². The topological polar surface area (TPSA) is 151 Å². The highest BCUT2D eigenvalue weighted by atomic mass is 19.4. The number of amides is 2. The van der Waals surface area contributed by atoms with E-state index in [2.05, 4.69) is 9.47 Å². The van der Waals surface area contributed by atoms with Gasteiger partial charge in [0.2, 0.25) is 11.8 Å². The average Bonchev–Trinajstić information content (AvgIpc) is 2.64. The Morgan fingerprint density at radius 2 is 1.06 bits per heavy atom. The molecule has 196 valence electrons. The molecule has 0 aromatic heterocycles. The average molecular weight is 510 g/mol. The van der Waals surface area contributed by atoms with Crippen molar-refractivity contribution in [1.82, 2.24) is 10.6 Å². The fourth-order valence-electron chi connectivity index (χ4n) is 3.28. The molecule has 1 fully saturated rings. The van der Waals surface area contributed by atoms with Crippen molar-refractivity contribution in [3.05, 3.63) is 0 Å². The Morgan fingerprint density at radius 1 is 0.794 bits per heavy atom. The van der Waals surface area contributed by atoms with Gasteiger partial charge in [0.05, 0.1) is 13.2 Å². The van der Waals surface area contributed by atoms with Crippen molar-refractivity contribution in [2.45, 2.75) is 63.3 Å². The van der Waals surface area contributed by atoms with Gasteiger partial charge >= 0.3 is 24.3 Å². The van der Waals surface area contributed by atoms with Crippen LogP contribution in [0.5, 0.6) is 0 Å². The standard InChI is InChI=1S/C18H24F6N2O8/c1-5-33-13(29)7(15(3,31)17(19,20)21)9-11(27)26-10(12(28)25-9)8(14(30)34-6-2)16(4,32)18(22,23)24/h7-10,31-32H,5-6H2,1-4H3,(H,25,28)(H,26,27)/t7-,8?,9-,10?,15-,16?/m1/s1. The Kier molecular flexibility index (Phi) is 8.59. The molecule has 0 aromatic carbocycles. The zero-order valence-electron chi connectivity index (χ0n) is 18.3. The predicted octanol–water partition coefficient (Wildman–Crippen LogP) is -0.0452. The van der Waals surface area contributed by atoms with Crippen molar-refractivity contribution in [2.75, 3.05) is 13.2 Å². The van der Waals surface area contributed by atoms with Gasteiger partial charge in [-0.15, -0.1) is 0 Å². The highest BCUT2D eigenvalue weighted by Crippen LogP contribution is 2.41. The van der Waals surface area contributed by atoms with Gasteiger partial charge in [0, 0.05) is 0 Å². The summed E-state index contributed by atoms with van der Waals surface area (Å²) >= 11 is 0. The summed E-state index contributed by atoms with van der Waals surface area (Å²) in [5.74, 6) is -12.3. The first-order valence-corrected chi connectivity index (χ1v) is 9.77. The molecule has 0 aromatic rings. The van der Waals surface area contributed by atoms with E-state index in [0.717, 1.165) is 0 Å².